The van der Waals surface area contributed by atoms with Gasteiger partial charge in [0.15, 0.2) is 11.2 Å². The second-order valence-corrected chi connectivity index (χ2v) is 5.11. The molecule has 11 heteroatoms. The summed E-state index contributed by atoms with van der Waals surface area (Å²) in [5, 5.41) is 16.7. The van der Waals surface area contributed by atoms with Gasteiger partial charge in [0.05, 0.1) is 6.33 Å². The third-order valence-corrected chi connectivity index (χ3v) is 3.85. The summed E-state index contributed by atoms with van der Waals surface area (Å²) >= 11 is 0. The van der Waals surface area contributed by atoms with Gasteiger partial charge in [0.2, 0.25) is 0 Å². The van der Waals surface area contributed by atoms with E-state index in [9.17, 15) is 9.59 Å². The first kappa shape index (κ1) is 12.9. The van der Waals surface area contributed by atoms with Crippen molar-refractivity contribution in [1.29, 1.82) is 0 Å². The molecule has 0 aromatic carbocycles. The topological polar surface area (TPSA) is 139 Å². The summed E-state index contributed by atoms with van der Waals surface area (Å²) < 4.78 is 3.07. The lowest BCUT2D eigenvalue weighted by molar-refractivity contribution is 0.372. The highest BCUT2D eigenvalue weighted by atomic mass is 16.2. The molecule has 11 nitrogen and oxygen atoms in total. The summed E-state index contributed by atoms with van der Waals surface area (Å²) in [6, 6.07) is 0.158. The van der Waals surface area contributed by atoms with Crippen LogP contribution in [-0.4, -0.2) is 52.8 Å². The van der Waals surface area contributed by atoms with Crippen LogP contribution in [0.5, 0.6) is 0 Å². The van der Waals surface area contributed by atoms with Crippen molar-refractivity contribution < 1.29 is 0 Å². The zero-order chi connectivity index (χ0) is 15.1. The number of hydrogen-bond acceptors (Lipinski definition) is 7. The molecular weight excluding hydrogens is 290 g/mol. The smallest absolute Gasteiger partial charge is 0.317 e. The number of aromatic nitrogens is 8. The lowest BCUT2D eigenvalue weighted by Gasteiger charge is -2.24. The summed E-state index contributed by atoms with van der Waals surface area (Å²) in [6.07, 6.45) is 3.36. The van der Waals surface area contributed by atoms with Crippen LogP contribution in [0.25, 0.3) is 17.1 Å². The molecule has 3 aromatic rings. The first-order valence-corrected chi connectivity index (χ1v) is 6.92. The Balaban J connectivity index is 2.03. The average molecular weight is 303 g/mol. The number of imidazole rings is 1. The van der Waals surface area contributed by atoms with E-state index in [2.05, 4.69) is 35.9 Å². The third-order valence-electron chi connectivity index (χ3n) is 3.85. The van der Waals surface area contributed by atoms with Crippen LogP contribution < -0.4 is 16.6 Å². The van der Waals surface area contributed by atoms with E-state index in [4.69, 9.17) is 0 Å². The first-order chi connectivity index (χ1) is 10.8. The summed E-state index contributed by atoms with van der Waals surface area (Å²) in [5.74, 6) is 0.0712. The van der Waals surface area contributed by atoms with Gasteiger partial charge in [0.1, 0.15) is 0 Å². The minimum absolute atomic E-state index is 0.0712. The normalized spacial score (nSPS) is 16.4. The monoisotopic (exact) mass is 303 g/mol. The Labute approximate surface area is 122 Å². The highest BCUT2D eigenvalue weighted by Gasteiger charge is 2.22. The van der Waals surface area contributed by atoms with Gasteiger partial charge in [-0.3, -0.25) is 9.78 Å². The minimum Gasteiger partial charge on any atom is -0.317 e. The van der Waals surface area contributed by atoms with E-state index in [1.165, 1.54) is 4.57 Å². The number of rotatable bonds is 2. The van der Waals surface area contributed by atoms with Gasteiger partial charge in [-0.05, 0) is 31.1 Å². The molecule has 3 N–H and O–H groups in total. The van der Waals surface area contributed by atoms with Crippen LogP contribution in [0, 0.1) is 0 Å². The maximum Gasteiger partial charge on any atom is 0.337 e. The van der Waals surface area contributed by atoms with Crippen molar-refractivity contribution in [3.63, 3.8) is 0 Å². The van der Waals surface area contributed by atoms with E-state index in [1.807, 2.05) is 4.57 Å². The molecule has 0 bridgehead atoms. The molecule has 0 unspecified atom stereocenters. The molecule has 0 amide bonds. The molecule has 1 aliphatic heterocycles. The van der Waals surface area contributed by atoms with Crippen LogP contribution in [0.1, 0.15) is 18.9 Å². The predicted octanol–water partition coefficient (Wildman–Crippen LogP) is -1.69. The quantitative estimate of drug-likeness (QED) is 0.513. The van der Waals surface area contributed by atoms with Crippen LogP contribution in [0.3, 0.4) is 0 Å². The van der Waals surface area contributed by atoms with Crippen molar-refractivity contribution >= 4 is 11.2 Å². The minimum atomic E-state index is -0.616. The number of nitrogens with zero attached hydrogens (tertiary/aromatic N) is 6. The van der Waals surface area contributed by atoms with Gasteiger partial charge in [-0.25, -0.2) is 14.3 Å². The predicted molar refractivity (Wildman–Crippen MR) is 74.8 cm³/mol. The molecule has 0 aliphatic carbocycles. The molecule has 0 spiro atoms. The van der Waals surface area contributed by atoms with Crippen LogP contribution in [-0.2, 0) is 0 Å². The Kier molecular flexibility index (Phi) is 2.85. The van der Waals surface area contributed by atoms with E-state index in [-0.39, 0.29) is 17.5 Å². The SMILES string of the molecule is O=c1[nH]c(=O)n(-c2nn[nH]n2)c2c1ncn2C1CCNCC1. The molecule has 4 heterocycles. The standard InChI is InChI=1S/C11H13N9O2/c21-8-7-9(19(5-13-7)6-1-3-12-4-2-6)20(11(22)14-8)10-15-17-18-16-10/h5-6,12H,1-4H2,(H,14,21,22)(H,15,16,17,18). The molecule has 1 saturated heterocycles. The Hall–Kier alpha value is -2.82. The van der Waals surface area contributed by atoms with Crippen molar-refractivity contribution in [2.45, 2.75) is 18.9 Å². The number of piperidine rings is 1. The Morgan fingerprint density at radius 3 is 2.77 bits per heavy atom. The molecular formula is C11H13N9O2. The fourth-order valence-electron chi connectivity index (χ4n) is 2.83. The molecule has 22 heavy (non-hydrogen) atoms. The molecule has 114 valence electrons. The second kappa shape index (κ2) is 4.87. The van der Waals surface area contributed by atoms with Gasteiger partial charge in [-0.2, -0.15) is 5.21 Å². The van der Waals surface area contributed by atoms with E-state index >= 15 is 0 Å². The van der Waals surface area contributed by atoms with Crippen LogP contribution >= 0.6 is 0 Å². The van der Waals surface area contributed by atoms with Gasteiger partial charge >= 0.3 is 5.69 Å². The first-order valence-electron chi connectivity index (χ1n) is 6.92. The third kappa shape index (κ3) is 1.86. The maximum atomic E-state index is 12.2. The summed E-state index contributed by atoms with van der Waals surface area (Å²) in [4.78, 5) is 30.6. The lowest BCUT2D eigenvalue weighted by atomic mass is 10.1. The average Bonchev–Trinajstić information content (AvgIpc) is 3.18. The number of tetrazole rings is 1. The number of hydrogen-bond donors (Lipinski definition) is 3. The molecule has 4 rings (SSSR count). The van der Waals surface area contributed by atoms with Gasteiger partial charge in [-0.15, -0.1) is 5.10 Å². The zero-order valence-electron chi connectivity index (χ0n) is 11.5. The van der Waals surface area contributed by atoms with E-state index < -0.39 is 11.2 Å². The Morgan fingerprint density at radius 1 is 1.23 bits per heavy atom. The molecule has 3 aromatic heterocycles. The van der Waals surface area contributed by atoms with Gasteiger partial charge in [0.25, 0.3) is 11.5 Å². The van der Waals surface area contributed by atoms with Crippen LogP contribution in [0.15, 0.2) is 15.9 Å². The molecule has 1 fully saturated rings. The number of H-pyrrole nitrogens is 2. The fraction of sp³-hybridized carbons (Fsp3) is 0.455. The van der Waals surface area contributed by atoms with Crippen molar-refractivity contribution in [1.82, 2.24) is 45.0 Å². The maximum absolute atomic E-state index is 12.2. The van der Waals surface area contributed by atoms with E-state index in [0.717, 1.165) is 25.9 Å². The lowest BCUT2D eigenvalue weighted by Crippen LogP contribution is -2.33. The number of nitrogens with one attached hydrogen (secondary N) is 3. The van der Waals surface area contributed by atoms with Crippen LogP contribution in [0.2, 0.25) is 0 Å². The number of fused-ring (bicyclic) bond motifs is 1. The largest absolute Gasteiger partial charge is 0.337 e. The fourth-order valence-corrected chi connectivity index (χ4v) is 2.83. The highest BCUT2D eigenvalue weighted by Crippen LogP contribution is 2.22. The van der Waals surface area contributed by atoms with Gasteiger partial charge < -0.3 is 9.88 Å². The van der Waals surface area contributed by atoms with Crippen molar-refractivity contribution in [3.05, 3.63) is 27.2 Å². The Bertz CT molecular complexity index is 913. The molecule has 0 saturated carbocycles. The van der Waals surface area contributed by atoms with Crippen molar-refractivity contribution in [2.75, 3.05) is 13.1 Å². The van der Waals surface area contributed by atoms with Crippen molar-refractivity contribution in [3.8, 4) is 5.95 Å². The summed E-state index contributed by atoms with van der Waals surface area (Å²) in [6.45, 7) is 1.75. The highest BCUT2D eigenvalue weighted by molar-refractivity contribution is 5.71. The molecule has 0 atom stereocenters. The summed E-state index contributed by atoms with van der Waals surface area (Å²) in [7, 11) is 0. The number of aromatic amines is 2. The van der Waals surface area contributed by atoms with E-state index in [0.29, 0.717) is 5.65 Å². The Morgan fingerprint density at radius 2 is 2.05 bits per heavy atom. The van der Waals surface area contributed by atoms with Crippen molar-refractivity contribution in [2.24, 2.45) is 0 Å². The second-order valence-electron chi connectivity index (χ2n) is 5.11. The molecule has 1 aliphatic rings. The van der Waals surface area contributed by atoms with Gasteiger partial charge in [-0.1, -0.05) is 5.10 Å². The zero-order valence-corrected chi connectivity index (χ0v) is 11.5. The van der Waals surface area contributed by atoms with Gasteiger partial charge in [0, 0.05) is 6.04 Å². The molecule has 0 radical (unpaired) electrons. The van der Waals surface area contributed by atoms with E-state index in [1.54, 1.807) is 6.33 Å². The summed E-state index contributed by atoms with van der Waals surface area (Å²) in [5.41, 5.74) is -0.563. The van der Waals surface area contributed by atoms with Crippen LogP contribution in [0.4, 0.5) is 0 Å².